The van der Waals surface area contributed by atoms with Crippen LogP contribution in [0.4, 0.5) is 0 Å². The summed E-state index contributed by atoms with van der Waals surface area (Å²) in [6.07, 6.45) is 6.26. The first kappa shape index (κ1) is 29.1. The van der Waals surface area contributed by atoms with Gasteiger partial charge in [0.15, 0.2) is 0 Å². The van der Waals surface area contributed by atoms with E-state index in [9.17, 15) is 13.7 Å². The largest absolute Gasteiger partial charge is 0.323 e. The standard InChI is InChI=1S/C21H31N4O3P3/c1-2-13-29(26,14-3-9-22)18-7-20-31(28,17-6-12-25)21-8-19-30(27,15-4-10-23)16-5-11-24/h7-8,18-19H,2-6,13-17,20-21H2,1H3/b18-7+,19-8+. The fraction of sp³-hybridized carbons (Fsp3) is 0.619. The molecule has 0 rings (SSSR count). The first-order valence-electron chi connectivity index (χ1n) is 10.3. The van der Waals surface area contributed by atoms with Crippen molar-refractivity contribution in [3.8, 4) is 24.3 Å². The van der Waals surface area contributed by atoms with Crippen molar-refractivity contribution in [2.75, 3.05) is 43.1 Å². The molecule has 0 saturated carbocycles. The normalized spacial score (nSPS) is 15.4. The Kier molecular flexibility index (Phi) is 14.9. The van der Waals surface area contributed by atoms with Gasteiger partial charge in [-0.3, -0.25) is 0 Å². The smallest absolute Gasteiger partial charge is 0.110 e. The van der Waals surface area contributed by atoms with Gasteiger partial charge in [-0.15, -0.1) is 0 Å². The molecule has 0 aromatic heterocycles. The molecule has 0 heterocycles. The minimum absolute atomic E-state index is 0.122. The molecule has 0 radical (unpaired) electrons. The van der Waals surface area contributed by atoms with Crippen molar-refractivity contribution >= 4 is 21.4 Å². The Bertz CT molecular complexity index is 907. The zero-order chi connectivity index (χ0) is 23.6. The van der Waals surface area contributed by atoms with Gasteiger partial charge >= 0.3 is 0 Å². The van der Waals surface area contributed by atoms with Gasteiger partial charge in [0.1, 0.15) is 14.3 Å². The highest BCUT2D eigenvalue weighted by Crippen LogP contribution is 2.52. The zero-order valence-corrected chi connectivity index (χ0v) is 20.8. The van der Waals surface area contributed by atoms with Crippen molar-refractivity contribution in [3.05, 3.63) is 23.8 Å². The maximum atomic E-state index is 13.4. The molecule has 0 bridgehead atoms. The lowest BCUT2D eigenvalue weighted by Crippen LogP contribution is -1.99. The van der Waals surface area contributed by atoms with Gasteiger partial charge in [-0.25, -0.2) is 0 Å². The van der Waals surface area contributed by atoms with E-state index < -0.39 is 21.4 Å². The molecule has 0 aromatic rings. The lowest BCUT2D eigenvalue weighted by atomic mass is 10.5. The highest BCUT2D eigenvalue weighted by atomic mass is 31.2. The van der Waals surface area contributed by atoms with Crippen LogP contribution in [0.5, 0.6) is 0 Å². The fourth-order valence-corrected chi connectivity index (χ4v) is 9.54. The van der Waals surface area contributed by atoms with Gasteiger partial charge < -0.3 is 13.7 Å². The fourth-order valence-electron chi connectivity index (χ4n) is 2.99. The molecule has 0 fully saturated rings. The third-order valence-electron chi connectivity index (χ3n) is 4.67. The van der Waals surface area contributed by atoms with Crippen LogP contribution in [0.15, 0.2) is 23.8 Å². The molecule has 7 nitrogen and oxygen atoms in total. The van der Waals surface area contributed by atoms with Crippen LogP contribution in [-0.2, 0) is 13.7 Å². The van der Waals surface area contributed by atoms with Crippen molar-refractivity contribution in [1.82, 2.24) is 0 Å². The molecule has 168 valence electrons. The van der Waals surface area contributed by atoms with E-state index in [0.717, 1.165) is 6.42 Å². The second-order valence-electron chi connectivity index (χ2n) is 7.35. The number of hydrogen-bond acceptors (Lipinski definition) is 7. The lowest BCUT2D eigenvalue weighted by Gasteiger charge is -2.16. The Morgan fingerprint density at radius 1 is 0.613 bits per heavy atom. The average molecular weight is 480 g/mol. The van der Waals surface area contributed by atoms with E-state index in [1.54, 1.807) is 18.0 Å². The summed E-state index contributed by atoms with van der Waals surface area (Å²) in [6.45, 7) is 1.92. The molecule has 0 saturated heterocycles. The lowest BCUT2D eigenvalue weighted by molar-refractivity contribution is 0.578. The Labute approximate surface area is 186 Å². The summed E-state index contributed by atoms with van der Waals surface area (Å²) in [6, 6.07) is 7.95. The minimum Gasteiger partial charge on any atom is -0.323 e. The highest BCUT2D eigenvalue weighted by molar-refractivity contribution is 7.68. The molecule has 31 heavy (non-hydrogen) atoms. The van der Waals surface area contributed by atoms with Gasteiger partial charge in [-0.05, 0) is 18.1 Å². The van der Waals surface area contributed by atoms with Crippen LogP contribution in [0.1, 0.15) is 39.0 Å². The Hall–Kier alpha value is -1.87. The Balaban J connectivity index is 5.42. The van der Waals surface area contributed by atoms with Gasteiger partial charge in [0.05, 0.1) is 31.4 Å². The van der Waals surface area contributed by atoms with Crippen molar-refractivity contribution in [2.24, 2.45) is 0 Å². The molecule has 0 amide bonds. The van der Waals surface area contributed by atoms with Crippen LogP contribution < -0.4 is 0 Å². The Morgan fingerprint density at radius 2 is 0.968 bits per heavy atom. The van der Waals surface area contributed by atoms with E-state index in [0.29, 0.717) is 12.3 Å². The van der Waals surface area contributed by atoms with Crippen molar-refractivity contribution < 1.29 is 13.7 Å². The number of hydrogen-bond donors (Lipinski definition) is 0. The molecule has 0 aromatic carbocycles. The average Bonchev–Trinajstić information content (AvgIpc) is 2.74. The molecular weight excluding hydrogens is 449 g/mol. The van der Waals surface area contributed by atoms with Crippen LogP contribution in [0.3, 0.4) is 0 Å². The predicted molar refractivity (Wildman–Crippen MR) is 126 cm³/mol. The van der Waals surface area contributed by atoms with Crippen LogP contribution in [-0.4, -0.2) is 43.1 Å². The van der Waals surface area contributed by atoms with E-state index in [-0.39, 0.29) is 56.5 Å². The first-order chi connectivity index (χ1) is 14.7. The molecule has 2 unspecified atom stereocenters. The second kappa shape index (κ2) is 15.9. The van der Waals surface area contributed by atoms with Crippen molar-refractivity contribution in [2.45, 2.75) is 39.0 Å². The molecule has 0 N–H and O–H groups in total. The molecule has 2 atom stereocenters. The number of rotatable bonds is 16. The van der Waals surface area contributed by atoms with E-state index >= 15 is 0 Å². The summed E-state index contributed by atoms with van der Waals surface area (Å²) in [5.41, 5.74) is 0. The van der Waals surface area contributed by atoms with Gasteiger partial charge in [-0.1, -0.05) is 19.1 Å². The monoisotopic (exact) mass is 480 g/mol. The zero-order valence-electron chi connectivity index (χ0n) is 18.1. The van der Waals surface area contributed by atoms with E-state index in [4.69, 9.17) is 21.0 Å². The summed E-state index contributed by atoms with van der Waals surface area (Å²) in [5, 5.41) is 35.3. The summed E-state index contributed by atoms with van der Waals surface area (Å²) >= 11 is 0. The van der Waals surface area contributed by atoms with Crippen molar-refractivity contribution in [3.63, 3.8) is 0 Å². The molecule has 0 spiro atoms. The van der Waals surface area contributed by atoms with Gasteiger partial charge in [0, 0.05) is 68.8 Å². The molecule has 10 heteroatoms. The summed E-state index contributed by atoms with van der Waals surface area (Å²) < 4.78 is 39.2. The van der Waals surface area contributed by atoms with Crippen LogP contribution in [0.25, 0.3) is 0 Å². The molecule has 0 aliphatic heterocycles. The van der Waals surface area contributed by atoms with E-state index in [1.165, 1.54) is 5.82 Å². The topological polar surface area (TPSA) is 146 Å². The third kappa shape index (κ3) is 13.2. The Morgan fingerprint density at radius 3 is 1.32 bits per heavy atom. The molecule has 0 aliphatic rings. The van der Waals surface area contributed by atoms with Crippen LogP contribution >= 0.6 is 21.4 Å². The molecule has 0 aliphatic carbocycles. The molecular formula is C21H31N4O3P3. The number of nitriles is 4. The summed E-state index contributed by atoms with van der Waals surface area (Å²) in [4.78, 5) is 0. The third-order valence-corrected chi connectivity index (χ3v) is 13.1. The van der Waals surface area contributed by atoms with Gasteiger partial charge in [0.25, 0.3) is 0 Å². The minimum atomic E-state index is -2.84. The summed E-state index contributed by atoms with van der Waals surface area (Å²) in [7, 11) is -8.32. The van der Waals surface area contributed by atoms with E-state index in [1.807, 2.05) is 31.2 Å². The van der Waals surface area contributed by atoms with E-state index in [2.05, 4.69) is 0 Å². The first-order valence-corrected chi connectivity index (χ1v) is 16.8. The maximum absolute atomic E-state index is 13.4. The van der Waals surface area contributed by atoms with Crippen LogP contribution in [0, 0.1) is 45.3 Å². The van der Waals surface area contributed by atoms with Gasteiger partial charge in [-0.2, -0.15) is 21.0 Å². The summed E-state index contributed by atoms with van der Waals surface area (Å²) in [5.74, 6) is 3.13. The number of nitrogens with zero attached hydrogens (tertiary/aromatic N) is 4. The quantitative estimate of drug-likeness (QED) is 0.240. The highest BCUT2D eigenvalue weighted by Gasteiger charge is 2.23. The van der Waals surface area contributed by atoms with Crippen LogP contribution in [0.2, 0.25) is 0 Å². The number of allylic oxidation sites excluding steroid dienone is 2. The maximum Gasteiger partial charge on any atom is 0.110 e. The SMILES string of the molecule is CCCP(=O)(/C=C/CP(=O)(C/C=C/P(=O)(CCC#N)CCC#N)CCC#N)CCC#N. The second-order valence-corrected chi connectivity index (χ2v) is 16.8. The van der Waals surface area contributed by atoms with Crippen molar-refractivity contribution in [1.29, 1.82) is 21.0 Å². The predicted octanol–water partition coefficient (Wildman–Crippen LogP) is 6.17. The van der Waals surface area contributed by atoms with Gasteiger partial charge in [0.2, 0.25) is 0 Å².